The third kappa shape index (κ3) is 4.22. The number of ether oxygens (including phenoxy) is 1. The molecule has 0 aromatic carbocycles. The second-order valence-electron chi connectivity index (χ2n) is 4.82. The van der Waals surface area contributed by atoms with E-state index >= 15 is 0 Å². The van der Waals surface area contributed by atoms with E-state index in [-0.39, 0.29) is 18.6 Å². The summed E-state index contributed by atoms with van der Waals surface area (Å²) in [6.45, 7) is 1.74. The Kier molecular flexibility index (Phi) is 5.55. The summed E-state index contributed by atoms with van der Waals surface area (Å²) in [6.07, 6.45) is 2.22. The fourth-order valence-electron chi connectivity index (χ4n) is 2.13. The predicted octanol–water partition coefficient (Wildman–Crippen LogP) is 0.584. The second kappa shape index (κ2) is 6.49. The average Bonchev–Trinajstić information content (AvgIpc) is 2.29. The van der Waals surface area contributed by atoms with E-state index in [1.165, 1.54) is 7.11 Å². The topological polar surface area (TPSA) is 92.7 Å². The van der Waals surface area contributed by atoms with Crippen LogP contribution in [0.15, 0.2) is 0 Å². The van der Waals surface area contributed by atoms with Gasteiger partial charge in [0.1, 0.15) is 0 Å². The summed E-state index contributed by atoms with van der Waals surface area (Å²) in [6, 6.07) is -0.148. The van der Waals surface area contributed by atoms with E-state index in [1.54, 1.807) is 6.92 Å². The molecular weight excluding hydrogens is 258 g/mol. The molecule has 0 bridgehead atoms. The highest BCUT2D eigenvalue weighted by atomic mass is 32.2. The van der Waals surface area contributed by atoms with Crippen LogP contribution in [0.5, 0.6) is 0 Å². The van der Waals surface area contributed by atoms with Crippen LogP contribution in [0, 0.1) is 5.92 Å². The number of hydrogen-bond acceptors (Lipinski definition) is 4. The molecule has 0 heterocycles. The van der Waals surface area contributed by atoms with Crippen molar-refractivity contribution in [1.29, 1.82) is 0 Å². The van der Waals surface area contributed by atoms with Gasteiger partial charge in [0.15, 0.2) is 0 Å². The van der Waals surface area contributed by atoms with Crippen molar-refractivity contribution in [2.75, 3.05) is 13.7 Å². The fourth-order valence-corrected chi connectivity index (χ4v) is 3.38. The van der Waals surface area contributed by atoms with E-state index in [2.05, 4.69) is 4.72 Å². The molecular formula is C11H21NO5S. The van der Waals surface area contributed by atoms with Gasteiger partial charge in [-0.1, -0.05) is 0 Å². The lowest BCUT2D eigenvalue weighted by Crippen LogP contribution is -2.43. The van der Waals surface area contributed by atoms with Gasteiger partial charge in [-0.25, -0.2) is 13.1 Å². The van der Waals surface area contributed by atoms with Crippen LogP contribution in [0.2, 0.25) is 0 Å². The Labute approximate surface area is 108 Å². The van der Waals surface area contributed by atoms with Crippen molar-refractivity contribution < 1.29 is 23.1 Å². The molecule has 7 heteroatoms. The Bertz CT molecular complexity index is 373. The highest BCUT2D eigenvalue weighted by Crippen LogP contribution is 2.25. The van der Waals surface area contributed by atoms with Gasteiger partial charge in [0.2, 0.25) is 10.0 Å². The Hall–Kier alpha value is -0.660. The van der Waals surface area contributed by atoms with E-state index in [9.17, 15) is 13.2 Å². The standard InChI is InChI=1S/C11H21NO5S/c1-8(7-17-2)18(15,16)12-10-5-3-9(4-6-10)11(13)14/h8-10,12H,3-7H2,1-2H3,(H,13,14). The zero-order valence-corrected chi connectivity index (χ0v) is 11.6. The maximum Gasteiger partial charge on any atom is 0.306 e. The van der Waals surface area contributed by atoms with Gasteiger partial charge in [-0.05, 0) is 32.6 Å². The van der Waals surface area contributed by atoms with Gasteiger partial charge in [0, 0.05) is 13.2 Å². The lowest BCUT2D eigenvalue weighted by Gasteiger charge is -2.27. The summed E-state index contributed by atoms with van der Waals surface area (Å²) in [5, 5.41) is 8.26. The van der Waals surface area contributed by atoms with Gasteiger partial charge in [-0.2, -0.15) is 0 Å². The van der Waals surface area contributed by atoms with Crippen molar-refractivity contribution in [2.45, 2.75) is 43.9 Å². The van der Waals surface area contributed by atoms with Crippen molar-refractivity contribution in [3.8, 4) is 0 Å². The molecule has 18 heavy (non-hydrogen) atoms. The van der Waals surface area contributed by atoms with E-state index < -0.39 is 21.2 Å². The molecule has 1 unspecified atom stereocenters. The van der Waals surface area contributed by atoms with Crippen LogP contribution in [0.3, 0.4) is 0 Å². The SMILES string of the molecule is COCC(C)S(=O)(=O)NC1CCC(C(=O)O)CC1. The van der Waals surface area contributed by atoms with Gasteiger partial charge in [0.05, 0.1) is 17.8 Å². The first kappa shape index (κ1) is 15.4. The van der Waals surface area contributed by atoms with Gasteiger partial charge in [0.25, 0.3) is 0 Å². The van der Waals surface area contributed by atoms with E-state index in [0.29, 0.717) is 25.7 Å². The molecule has 106 valence electrons. The summed E-state index contributed by atoms with van der Waals surface area (Å²) in [5.74, 6) is -1.12. The van der Waals surface area contributed by atoms with Crippen LogP contribution < -0.4 is 4.72 Å². The minimum atomic E-state index is -3.38. The maximum atomic E-state index is 11.9. The van der Waals surface area contributed by atoms with Crippen molar-refractivity contribution >= 4 is 16.0 Å². The first-order chi connectivity index (χ1) is 8.36. The molecule has 0 radical (unpaired) electrons. The van der Waals surface area contributed by atoms with Gasteiger partial charge in [-0.15, -0.1) is 0 Å². The minimum Gasteiger partial charge on any atom is -0.481 e. The molecule has 0 amide bonds. The van der Waals surface area contributed by atoms with Crippen LogP contribution >= 0.6 is 0 Å². The molecule has 1 fully saturated rings. The predicted molar refractivity (Wildman–Crippen MR) is 66.8 cm³/mol. The number of sulfonamides is 1. The number of methoxy groups -OCH3 is 1. The molecule has 0 aliphatic heterocycles. The van der Waals surface area contributed by atoms with Crippen molar-refractivity contribution in [1.82, 2.24) is 4.72 Å². The number of carboxylic acids is 1. The molecule has 0 spiro atoms. The van der Waals surface area contributed by atoms with Crippen LogP contribution in [0.4, 0.5) is 0 Å². The monoisotopic (exact) mass is 279 g/mol. The summed E-state index contributed by atoms with van der Waals surface area (Å²) < 4.78 is 31.3. The molecule has 1 aliphatic carbocycles. The number of rotatable bonds is 6. The number of hydrogen-bond donors (Lipinski definition) is 2. The smallest absolute Gasteiger partial charge is 0.306 e. The van der Waals surface area contributed by atoms with E-state index in [0.717, 1.165) is 0 Å². The summed E-state index contributed by atoms with van der Waals surface area (Å²) in [4.78, 5) is 10.8. The first-order valence-electron chi connectivity index (χ1n) is 6.09. The minimum absolute atomic E-state index is 0.148. The van der Waals surface area contributed by atoms with Crippen molar-refractivity contribution in [2.24, 2.45) is 5.92 Å². The lowest BCUT2D eigenvalue weighted by atomic mass is 9.87. The Morgan fingerprint density at radius 1 is 1.39 bits per heavy atom. The summed E-state index contributed by atoms with van der Waals surface area (Å²) in [5.41, 5.74) is 0. The maximum absolute atomic E-state index is 11.9. The first-order valence-corrected chi connectivity index (χ1v) is 7.64. The molecule has 1 atom stereocenters. The van der Waals surface area contributed by atoms with Gasteiger partial charge >= 0.3 is 5.97 Å². The third-order valence-electron chi connectivity index (χ3n) is 3.34. The zero-order valence-electron chi connectivity index (χ0n) is 10.8. The van der Waals surface area contributed by atoms with Crippen LogP contribution in [0.25, 0.3) is 0 Å². The normalized spacial score (nSPS) is 26.8. The molecule has 0 aromatic heterocycles. The van der Waals surface area contributed by atoms with Crippen molar-refractivity contribution in [3.05, 3.63) is 0 Å². The average molecular weight is 279 g/mol. The molecule has 1 saturated carbocycles. The highest BCUT2D eigenvalue weighted by Gasteiger charge is 2.30. The van der Waals surface area contributed by atoms with E-state index in [1.807, 2.05) is 0 Å². The second-order valence-corrected chi connectivity index (χ2v) is 6.95. The largest absolute Gasteiger partial charge is 0.481 e. The zero-order chi connectivity index (χ0) is 13.8. The highest BCUT2D eigenvalue weighted by molar-refractivity contribution is 7.90. The van der Waals surface area contributed by atoms with Gasteiger partial charge < -0.3 is 9.84 Å². The lowest BCUT2D eigenvalue weighted by molar-refractivity contribution is -0.142. The van der Waals surface area contributed by atoms with Crippen LogP contribution in [-0.2, 0) is 19.6 Å². The summed E-state index contributed by atoms with van der Waals surface area (Å²) >= 11 is 0. The van der Waals surface area contributed by atoms with Crippen molar-refractivity contribution in [3.63, 3.8) is 0 Å². The van der Waals surface area contributed by atoms with Crippen LogP contribution in [-0.4, -0.2) is 44.5 Å². The Balaban J connectivity index is 2.47. The molecule has 0 saturated heterocycles. The Morgan fingerprint density at radius 3 is 2.39 bits per heavy atom. The van der Waals surface area contributed by atoms with E-state index in [4.69, 9.17) is 9.84 Å². The fraction of sp³-hybridized carbons (Fsp3) is 0.909. The molecule has 2 N–H and O–H groups in total. The quantitative estimate of drug-likeness (QED) is 0.742. The third-order valence-corrected chi connectivity index (χ3v) is 5.20. The summed E-state index contributed by atoms with van der Waals surface area (Å²) in [7, 11) is -1.92. The van der Waals surface area contributed by atoms with Gasteiger partial charge in [-0.3, -0.25) is 4.79 Å². The number of carbonyl (C=O) groups is 1. The number of aliphatic carboxylic acids is 1. The number of carboxylic acid groups (broad SMARTS) is 1. The molecule has 6 nitrogen and oxygen atoms in total. The molecule has 1 rings (SSSR count). The number of nitrogens with one attached hydrogen (secondary N) is 1. The Morgan fingerprint density at radius 2 is 1.94 bits per heavy atom. The molecule has 1 aliphatic rings. The molecule has 0 aromatic rings. The van der Waals surface area contributed by atoms with Crippen LogP contribution in [0.1, 0.15) is 32.6 Å².